The lowest BCUT2D eigenvalue weighted by Crippen LogP contribution is -2.23. The highest BCUT2D eigenvalue weighted by Crippen LogP contribution is 2.30. The number of hydroxylamine groups is 2. The number of rotatable bonds is 2. The van der Waals surface area contributed by atoms with E-state index < -0.39 is 7.67 Å². The van der Waals surface area contributed by atoms with Crippen molar-refractivity contribution >= 4 is 19.4 Å². The Morgan fingerprint density at radius 2 is 2.30 bits per heavy atom. The fraction of sp³-hybridized carbons (Fsp3) is 1.00. The Bertz CT molecular complexity index is 154. The monoisotopic (exact) mass is 183 g/mol. The molecule has 1 heterocycles. The highest BCUT2D eigenvalue weighted by Gasteiger charge is 2.19. The molecule has 1 aliphatic heterocycles. The van der Waals surface area contributed by atoms with Crippen LogP contribution in [0.15, 0.2) is 0 Å². The second kappa shape index (κ2) is 3.21. The second-order valence-electron chi connectivity index (χ2n) is 1.97. The standard InChI is InChI=1S/C3H10N3O2PS/c4-9(5,7)8-6-1-2-10-3-6/h1-3H2,(H4,4,5,7). The van der Waals surface area contributed by atoms with Crippen molar-refractivity contribution in [3.8, 4) is 0 Å². The van der Waals surface area contributed by atoms with E-state index in [1.165, 1.54) is 5.06 Å². The van der Waals surface area contributed by atoms with Crippen molar-refractivity contribution < 1.29 is 9.19 Å². The van der Waals surface area contributed by atoms with Gasteiger partial charge in [0.25, 0.3) is 0 Å². The Morgan fingerprint density at radius 1 is 1.60 bits per heavy atom. The van der Waals surface area contributed by atoms with Gasteiger partial charge in [-0.25, -0.2) is 15.6 Å². The third-order valence-corrected chi connectivity index (χ3v) is 2.39. The van der Waals surface area contributed by atoms with E-state index >= 15 is 0 Å². The van der Waals surface area contributed by atoms with Crippen LogP contribution in [0.3, 0.4) is 0 Å². The molecule has 1 aliphatic rings. The van der Waals surface area contributed by atoms with E-state index in [4.69, 9.17) is 15.6 Å². The van der Waals surface area contributed by atoms with Gasteiger partial charge in [-0.05, 0) is 0 Å². The first-order chi connectivity index (χ1) is 4.58. The Labute approximate surface area is 63.6 Å². The van der Waals surface area contributed by atoms with Crippen molar-refractivity contribution in [3.63, 3.8) is 0 Å². The summed E-state index contributed by atoms with van der Waals surface area (Å²) in [5.41, 5.74) is 9.95. The average molecular weight is 183 g/mol. The predicted octanol–water partition coefficient (Wildman–Crippen LogP) is -0.0502. The minimum Gasteiger partial charge on any atom is -0.255 e. The third-order valence-electron chi connectivity index (χ3n) is 0.963. The maximum Gasteiger partial charge on any atom is 0.352 e. The van der Waals surface area contributed by atoms with Gasteiger partial charge in [0.2, 0.25) is 0 Å². The Balaban J connectivity index is 2.31. The number of hydrogen-bond acceptors (Lipinski definition) is 4. The van der Waals surface area contributed by atoms with E-state index in [-0.39, 0.29) is 0 Å². The van der Waals surface area contributed by atoms with Gasteiger partial charge in [0.1, 0.15) is 0 Å². The molecule has 0 aromatic carbocycles. The lowest BCUT2D eigenvalue weighted by Gasteiger charge is -2.15. The minimum atomic E-state index is -3.30. The molecule has 0 atom stereocenters. The van der Waals surface area contributed by atoms with E-state index in [2.05, 4.69) is 0 Å². The number of nitrogens with two attached hydrogens (primary N) is 2. The molecule has 0 amide bonds. The molecule has 1 rings (SSSR count). The van der Waals surface area contributed by atoms with Crippen molar-refractivity contribution in [2.75, 3.05) is 18.2 Å². The molecule has 0 unspecified atom stereocenters. The molecule has 1 fully saturated rings. The van der Waals surface area contributed by atoms with E-state index in [1.807, 2.05) is 0 Å². The maximum atomic E-state index is 10.7. The van der Waals surface area contributed by atoms with Crippen LogP contribution in [0.4, 0.5) is 0 Å². The van der Waals surface area contributed by atoms with Crippen LogP contribution in [-0.4, -0.2) is 23.2 Å². The Morgan fingerprint density at radius 3 is 2.70 bits per heavy atom. The van der Waals surface area contributed by atoms with Gasteiger partial charge in [0.15, 0.2) is 0 Å². The summed E-state index contributed by atoms with van der Waals surface area (Å²) in [4.78, 5) is 0. The molecular formula is C3H10N3O2PS. The summed E-state index contributed by atoms with van der Waals surface area (Å²) < 4.78 is 15.4. The first kappa shape index (κ1) is 8.52. The van der Waals surface area contributed by atoms with Crippen LogP contribution in [0, 0.1) is 0 Å². The van der Waals surface area contributed by atoms with Crippen molar-refractivity contribution in [3.05, 3.63) is 0 Å². The quantitative estimate of drug-likeness (QED) is 0.584. The summed E-state index contributed by atoms with van der Waals surface area (Å²) in [6.07, 6.45) is 0. The molecule has 1 saturated heterocycles. The number of thioether (sulfide) groups is 1. The summed E-state index contributed by atoms with van der Waals surface area (Å²) in [6, 6.07) is 0. The molecule has 0 aliphatic carbocycles. The average Bonchev–Trinajstić information content (AvgIpc) is 2.12. The lowest BCUT2D eigenvalue weighted by molar-refractivity contribution is -0.0235. The third kappa shape index (κ3) is 3.01. The lowest BCUT2D eigenvalue weighted by atomic mass is 10.8. The highest BCUT2D eigenvalue weighted by atomic mass is 32.2. The molecule has 60 valence electrons. The van der Waals surface area contributed by atoms with E-state index in [1.54, 1.807) is 11.8 Å². The van der Waals surface area contributed by atoms with E-state index in [0.717, 1.165) is 12.3 Å². The normalized spacial score (nSPS) is 21.8. The van der Waals surface area contributed by atoms with Crippen LogP contribution in [0.25, 0.3) is 0 Å². The van der Waals surface area contributed by atoms with Gasteiger partial charge in [0, 0.05) is 12.3 Å². The van der Waals surface area contributed by atoms with E-state index in [9.17, 15) is 4.57 Å². The van der Waals surface area contributed by atoms with Crippen LogP contribution in [-0.2, 0) is 9.19 Å². The zero-order valence-corrected chi connectivity index (χ0v) is 7.11. The van der Waals surface area contributed by atoms with Gasteiger partial charge in [0.05, 0.1) is 5.88 Å². The summed E-state index contributed by atoms with van der Waals surface area (Å²) in [5.74, 6) is 1.67. The molecule has 0 aromatic heterocycles. The van der Waals surface area contributed by atoms with E-state index in [0.29, 0.717) is 5.88 Å². The molecule has 0 spiro atoms. The molecule has 5 nitrogen and oxygen atoms in total. The van der Waals surface area contributed by atoms with Gasteiger partial charge >= 0.3 is 7.67 Å². The van der Waals surface area contributed by atoms with Crippen LogP contribution in [0.5, 0.6) is 0 Å². The fourth-order valence-electron chi connectivity index (χ4n) is 0.642. The summed E-state index contributed by atoms with van der Waals surface area (Å²) in [7, 11) is -3.30. The van der Waals surface area contributed by atoms with Crippen LogP contribution >= 0.6 is 19.4 Å². The first-order valence-electron chi connectivity index (χ1n) is 2.77. The topological polar surface area (TPSA) is 81.6 Å². The fourth-order valence-corrected chi connectivity index (χ4v) is 2.07. The molecule has 0 saturated carbocycles. The van der Waals surface area contributed by atoms with Gasteiger partial charge in [-0.3, -0.25) is 4.57 Å². The molecule has 10 heavy (non-hydrogen) atoms. The van der Waals surface area contributed by atoms with Crippen LogP contribution in [0.2, 0.25) is 0 Å². The molecule has 0 aromatic rings. The largest absolute Gasteiger partial charge is 0.352 e. The molecule has 4 N–H and O–H groups in total. The molecule has 0 radical (unpaired) electrons. The smallest absolute Gasteiger partial charge is 0.255 e. The van der Waals surface area contributed by atoms with Gasteiger partial charge in [-0.15, -0.1) is 11.8 Å². The highest BCUT2D eigenvalue weighted by molar-refractivity contribution is 7.99. The minimum absolute atomic E-state index is 0.693. The zero-order chi connectivity index (χ0) is 7.61. The number of hydrogen-bond donors (Lipinski definition) is 2. The first-order valence-corrected chi connectivity index (χ1v) is 5.69. The van der Waals surface area contributed by atoms with Gasteiger partial charge in [-0.2, -0.15) is 5.06 Å². The Hall–Kier alpha value is 0.420. The maximum absolute atomic E-state index is 10.7. The van der Waals surface area contributed by atoms with Crippen LogP contribution in [0.1, 0.15) is 0 Å². The van der Waals surface area contributed by atoms with Gasteiger partial charge in [-0.1, -0.05) is 0 Å². The van der Waals surface area contributed by atoms with Crippen molar-refractivity contribution in [2.45, 2.75) is 0 Å². The van der Waals surface area contributed by atoms with Crippen molar-refractivity contribution in [1.82, 2.24) is 5.06 Å². The SMILES string of the molecule is NP(N)(=O)ON1CCSC1. The Kier molecular flexibility index (Phi) is 2.74. The predicted molar refractivity (Wildman–Crippen MR) is 41.1 cm³/mol. The van der Waals surface area contributed by atoms with Gasteiger partial charge < -0.3 is 0 Å². The summed E-state index contributed by atoms with van der Waals surface area (Å²) in [6.45, 7) is 0.739. The van der Waals surface area contributed by atoms with Crippen molar-refractivity contribution in [1.29, 1.82) is 0 Å². The van der Waals surface area contributed by atoms with Crippen molar-refractivity contribution in [2.24, 2.45) is 11.0 Å². The number of nitrogens with zero attached hydrogens (tertiary/aromatic N) is 1. The summed E-state index contributed by atoms with van der Waals surface area (Å²) >= 11 is 1.69. The molecule has 7 heteroatoms. The molecule has 0 bridgehead atoms. The molecular weight excluding hydrogens is 173 g/mol. The second-order valence-corrected chi connectivity index (χ2v) is 4.50. The summed E-state index contributed by atoms with van der Waals surface area (Å²) in [5, 5.41) is 1.52. The zero-order valence-electron chi connectivity index (χ0n) is 5.40. The van der Waals surface area contributed by atoms with Crippen LogP contribution < -0.4 is 11.0 Å².